The molecule has 2 unspecified atom stereocenters. The summed E-state index contributed by atoms with van der Waals surface area (Å²) in [6, 6.07) is 8.55. The SMILES string of the molecule is COCC(=O)OCC(=O)[C@@]1(OC(C)=O)CCC2C3CCC4=CC(=O)CCC4=C3[C@@H](c3ccc(N(C)C)cc3)C[C@@]21C. The number of rotatable bonds is 8. The van der Waals surface area contributed by atoms with E-state index in [0.717, 1.165) is 42.5 Å². The largest absolute Gasteiger partial charge is 0.456 e. The van der Waals surface area contributed by atoms with Gasteiger partial charge in [-0.1, -0.05) is 24.6 Å². The first-order valence-corrected chi connectivity index (χ1v) is 14.6. The molecule has 2 fully saturated rings. The Hall–Kier alpha value is -3.26. The van der Waals surface area contributed by atoms with Gasteiger partial charge >= 0.3 is 11.9 Å². The predicted molar refractivity (Wildman–Crippen MR) is 153 cm³/mol. The van der Waals surface area contributed by atoms with Crippen LogP contribution in [0.2, 0.25) is 0 Å². The molecule has 0 aliphatic heterocycles. The first-order chi connectivity index (χ1) is 19.5. The molecule has 220 valence electrons. The Morgan fingerprint density at radius 1 is 1.02 bits per heavy atom. The summed E-state index contributed by atoms with van der Waals surface area (Å²) in [6.07, 6.45) is 6.56. The van der Waals surface area contributed by atoms with Crippen molar-refractivity contribution in [2.75, 3.05) is 39.3 Å². The molecule has 41 heavy (non-hydrogen) atoms. The molecule has 0 heterocycles. The molecule has 0 aromatic heterocycles. The van der Waals surface area contributed by atoms with Gasteiger partial charge in [0, 0.05) is 51.6 Å². The number of ether oxygens (including phenoxy) is 3. The normalized spacial score (nSPS) is 30.5. The number of ketones is 2. The summed E-state index contributed by atoms with van der Waals surface area (Å²) in [5.74, 6) is -1.02. The summed E-state index contributed by atoms with van der Waals surface area (Å²) >= 11 is 0. The highest BCUT2D eigenvalue weighted by molar-refractivity contribution is 5.94. The molecule has 0 spiro atoms. The Balaban J connectivity index is 1.61. The monoisotopic (exact) mass is 563 g/mol. The number of carbonyl (C=O) groups excluding carboxylic acids is 4. The van der Waals surface area contributed by atoms with Crippen molar-refractivity contribution in [3.8, 4) is 0 Å². The lowest BCUT2D eigenvalue weighted by atomic mass is 9.50. The van der Waals surface area contributed by atoms with E-state index in [1.54, 1.807) is 0 Å². The minimum atomic E-state index is -1.40. The summed E-state index contributed by atoms with van der Waals surface area (Å²) in [6.45, 7) is 2.72. The van der Waals surface area contributed by atoms with Crippen LogP contribution in [0, 0.1) is 17.3 Å². The standard InChI is InChI=1S/C33H41NO7/c1-20(35)41-33(29(37)18-40-30(38)19-39-5)15-14-28-26-12-8-22-16-24(36)11-13-25(22)31(26)27(17-32(28,33)2)21-6-9-23(10-7-21)34(3)4/h6-7,9-10,16,26-28H,8,11-15,17-19H2,1-5H3/t26?,27-,28?,32+,33+/m1/s1. The third-order valence-corrected chi connectivity index (χ3v) is 10.1. The van der Waals surface area contributed by atoms with Gasteiger partial charge in [0.25, 0.3) is 0 Å². The van der Waals surface area contributed by atoms with Crippen LogP contribution in [-0.2, 0) is 33.4 Å². The first-order valence-electron chi connectivity index (χ1n) is 14.6. The number of methoxy groups -OCH3 is 1. The summed E-state index contributed by atoms with van der Waals surface area (Å²) in [7, 11) is 5.41. The Labute approximate surface area is 242 Å². The van der Waals surface area contributed by atoms with Crippen LogP contribution in [0.5, 0.6) is 0 Å². The predicted octanol–water partition coefficient (Wildman–Crippen LogP) is 4.71. The van der Waals surface area contributed by atoms with Gasteiger partial charge in [-0.05, 0) is 85.3 Å². The molecule has 0 radical (unpaired) electrons. The van der Waals surface area contributed by atoms with Crippen molar-refractivity contribution < 1.29 is 33.4 Å². The van der Waals surface area contributed by atoms with E-state index in [1.165, 1.54) is 25.2 Å². The third kappa shape index (κ3) is 5.05. The highest BCUT2D eigenvalue weighted by Gasteiger charge is 2.68. The molecular weight excluding hydrogens is 522 g/mol. The Kier molecular flexibility index (Phi) is 7.99. The number of anilines is 1. The van der Waals surface area contributed by atoms with Crippen LogP contribution in [0.1, 0.15) is 70.3 Å². The number of Topliss-reactive ketones (excluding diaryl/α,β-unsaturated/α-hetero) is 1. The highest BCUT2D eigenvalue weighted by Crippen LogP contribution is 2.67. The molecule has 4 aliphatic rings. The second kappa shape index (κ2) is 11.2. The zero-order chi connectivity index (χ0) is 29.5. The fraction of sp³-hybridized carbons (Fsp3) is 0.576. The van der Waals surface area contributed by atoms with Gasteiger partial charge < -0.3 is 19.1 Å². The maximum atomic E-state index is 14.0. The van der Waals surface area contributed by atoms with Gasteiger partial charge in [-0.25, -0.2) is 4.79 Å². The van der Waals surface area contributed by atoms with Gasteiger partial charge in [-0.2, -0.15) is 0 Å². The molecule has 1 aromatic carbocycles. The zero-order valence-electron chi connectivity index (χ0n) is 24.8. The lowest BCUT2D eigenvalue weighted by Gasteiger charge is -2.55. The number of fused-ring (bicyclic) bond motifs is 4. The number of nitrogens with zero attached hydrogens (tertiary/aromatic N) is 1. The second-order valence-electron chi connectivity index (χ2n) is 12.5. The fourth-order valence-corrected chi connectivity index (χ4v) is 8.30. The topological polar surface area (TPSA) is 99.2 Å². The van der Waals surface area contributed by atoms with Crippen LogP contribution in [0.15, 0.2) is 47.1 Å². The molecule has 0 N–H and O–H groups in total. The number of esters is 2. The van der Waals surface area contributed by atoms with Gasteiger partial charge in [0.15, 0.2) is 18.0 Å². The molecule has 0 saturated heterocycles. The summed E-state index contributed by atoms with van der Waals surface area (Å²) in [5.41, 5.74) is 4.06. The summed E-state index contributed by atoms with van der Waals surface area (Å²) < 4.78 is 16.2. The van der Waals surface area contributed by atoms with E-state index < -0.39 is 29.6 Å². The number of carbonyl (C=O) groups is 4. The average molecular weight is 564 g/mol. The van der Waals surface area contributed by atoms with E-state index in [9.17, 15) is 19.2 Å². The fourth-order valence-electron chi connectivity index (χ4n) is 8.30. The molecule has 4 aliphatic carbocycles. The molecule has 8 nitrogen and oxygen atoms in total. The molecule has 5 rings (SSSR count). The van der Waals surface area contributed by atoms with Crippen LogP contribution < -0.4 is 4.90 Å². The number of benzene rings is 1. The van der Waals surface area contributed by atoms with Crippen LogP contribution in [0.3, 0.4) is 0 Å². The van der Waals surface area contributed by atoms with Crippen LogP contribution in [0.25, 0.3) is 0 Å². The quantitative estimate of drug-likeness (QED) is 0.420. The van der Waals surface area contributed by atoms with Gasteiger partial charge in [0.1, 0.15) is 6.61 Å². The molecule has 2 saturated carbocycles. The van der Waals surface area contributed by atoms with Crippen molar-refractivity contribution >= 4 is 29.2 Å². The van der Waals surface area contributed by atoms with Crippen molar-refractivity contribution in [1.29, 1.82) is 0 Å². The summed E-state index contributed by atoms with van der Waals surface area (Å²) in [5, 5.41) is 0. The minimum absolute atomic E-state index is 0.00115. The maximum Gasteiger partial charge on any atom is 0.332 e. The Morgan fingerprint density at radius 2 is 1.76 bits per heavy atom. The maximum absolute atomic E-state index is 14.0. The number of hydrogen-bond donors (Lipinski definition) is 0. The van der Waals surface area contributed by atoms with E-state index in [4.69, 9.17) is 14.2 Å². The van der Waals surface area contributed by atoms with Gasteiger partial charge in [0.2, 0.25) is 5.78 Å². The smallest absolute Gasteiger partial charge is 0.332 e. The van der Waals surface area contributed by atoms with Crippen molar-refractivity contribution in [3.63, 3.8) is 0 Å². The van der Waals surface area contributed by atoms with Gasteiger partial charge in [-0.15, -0.1) is 0 Å². The van der Waals surface area contributed by atoms with Crippen molar-refractivity contribution in [3.05, 3.63) is 52.6 Å². The van der Waals surface area contributed by atoms with E-state index in [-0.39, 0.29) is 35.9 Å². The van der Waals surface area contributed by atoms with Gasteiger partial charge in [-0.3, -0.25) is 14.4 Å². The van der Waals surface area contributed by atoms with E-state index in [2.05, 4.69) is 36.1 Å². The van der Waals surface area contributed by atoms with Crippen LogP contribution in [0.4, 0.5) is 5.69 Å². The lowest BCUT2D eigenvalue weighted by molar-refractivity contribution is -0.186. The molecule has 0 amide bonds. The van der Waals surface area contributed by atoms with Gasteiger partial charge in [0.05, 0.1) is 0 Å². The molecule has 1 aromatic rings. The number of allylic oxidation sites excluding steroid dienone is 4. The van der Waals surface area contributed by atoms with Crippen LogP contribution in [-0.4, -0.2) is 63.5 Å². The Morgan fingerprint density at radius 3 is 2.41 bits per heavy atom. The Bertz CT molecular complexity index is 1310. The lowest BCUT2D eigenvalue weighted by Crippen LogP contribution is -2.58. The molecular formula is C33H41NO7. The zero-order valence-corrected chi connectivity index (χ0v) is 24.8. The first kappa shape index (κ1) is 29.2. The average Bonchev–Trinajstić information content (AvgIpc) is 3.23. The van der Waals surface area contributed by atoms with Crippen molar-refractivity contribution in [1.82, 2.24) is 0 Å². The van der Waals surface area contributed by atoms with E-state index in [0.29, 0.717) is 19.3 Å². The van der Waals surface area contributed by atoms with Crippen molar-refractivity contribution in [2.45, 2.75) is 70.3 Å². The second-order valence-corrected chi connectivity index (χ2v) is 12.5. The minimum Gasteiger partial charge on any atom is -0.456 e. The van der Waals surface area contributed by atoms with Crippen molar-refractivity contribution in [2.24, 2.45) is 17.3 Å². The molecule has 8 heteroatoms. The molecule has 5 atom stereocenters. The van der Waals surface area contributed by atoms with E-state index >= 15 is 0 Å². The number of hydrogen-bond acceptors (Lipinski definition) is 8. The molecule has 0 bridgehead atoms. The highest BCUT2D eigenvalue weighted by atomic mass is 16.6. The van der Waals surface area contributed by atoms with E-state index in [1.807, 2.05) is 20.2 Å². The third-order valence-electron chi connectivity index (χ3n) is 10.1. The summed E-state index contributed by atoms with van der Waals surface area (Å²) in [4.78, 5) is 53.0. The van der Waals surface area contributed by atoms with Crippen LogP contribution >= 0.6 is 0 Å².